The van der Waals surface area contributed by atoms with Crippen LogP contribution in [0.2, 0.25) is 0 Å². The van der Waals surface area contributed by atoms with Gasteiger partial charge in [0.05, 0.1) is 17.8 Å². The van der Waals surface area contributed by atoms with Gasteiger partial charge in [-0.15, -0.1) is 0 Å². The monoisotopic (exact) mass is 309 g/mol. The summed E-state index contributed by atoms with van der Waals surface area (Å²) in [6.45, 7) is 0.510. The molecular weight excluding hydrogens is 290 g/mol. The van der Waals surface area contributed by atoms with Crippen LogP contribution in [0.5, 0.6) is 0 Å². The maximum absolute atomic E-state index is 12.0. The highest BCUT2D eigenvalue weighted by molar-refractivity contribution is 5.82. The first kappa shape index (κ1) is 16.6. The number of hydrogen-bond acceptors (Lipinski definition) is 4. The second-order valence-electron chi connectivity index (χ2n) is 5.31. The van der Waals surface area contributed by atoms with Crippen molar-refractivity contribution in [3.05, 3.63) is 69.9 Å². The van der Waals surface area contributed by atoms with E-state index in [1.54, 1.807) is 0 Å². The third-order valence-electron chi connectivity index (χ3n) is 3.40. The fourth-order valence-electron chi connectivity index (χ4n) is 2.24. The topological polar surface area (TPSA) is 91.6 Å². The summed E-state index contributed by atoms with van der Waals surface area (Å²) in [5.74, 6) is 0.132. The first-order chi connectivity index (χ1) is 11.3. The van der Waals surface area contributed by atoms with E-state index in [0.29, 0.717) is 25.1 Å². The molecule has 0 saturated carbocycles. The maximum atomic E-state index is 12.0. The van der Waals surface area contributed by atoms with E-state index < -0.39 is 0 Å². The van der Waals surface area contributed by atoms with Crippen LogP contribution in [0.3, 0.4) is 0 Å². The molecule has 23 heavy (non-hydrogen) atoms. The Morgan fingerprint density at radius 3 is 2.43 bits per heavy atom. The van der Waals surface area contributed by atoms with Gasteiger partial charge < -0.3 is 0 Å². The Hall–Kier alpha value is -2.72. The number of nitrogens with zero attached hydrogens (tertiary/aromatic N) is 5. The zero-order valence-electron chi connectivity index (χ0n) is 12.9. The molecular formula is C17H19N5O. The van der Waals surface area contributed by atoms with E-state index >= 15 is 0 Å². The summed E-state index contributed by atoms with van der Waals surface area (Å²) in [6.07, 6.45) is 3.26. The largest absolute Gasteiger partial charge is 0.299 e. The Morgan fingerprint density at radius 2 is 1.74 bits per heavy atom. The number of benzene rings is 1. The summed E-state index contributed by atoms with van der Waals surface area (Å²) < 4.78 is 0. The molecule has 118 valence electrons. The van der Waals surface area contributed by atoms with Gasteiger partial charge in [0.25, 0.3) is 0 Å². The van der Waals surface area contributed by atoms with Crippen LogP contribution in [0.1, 0.15) is 29.8 Å². The van der Waals surface area contributed by atoms with E-state index in [-0.39, 0.29) is 5.78 Å². The Bertz CT molecular complexity index is 663. The van der Waals surface area contributed by atoms with Crippen LogP contribution < -0.4 is 0 Å². The molecule has 6 nitrogen and oxygen atoms in total. The summed E-state index contributed by atoms with van der Waals surface area (Å²) in [6, 6.07) is 13.5. The molecule has 1 heterocycles. The quantitative estimate of drug-likeness (QED) is 0.307. The zero-order chi connectivity index (χ0) is 16.3. The van der Waals surface area contributed by atoms with Gasteiger partial charge in [0, 0.05) is 17.9 Å². The van der Waals surface area contributed by atoms with Crippen LogP contribution in [-0.2, 0) is 24.1 Å². The minimum Gasteiger partial charge on any atom is -0.299 e. The number of aromatic nitrogens is 2. The number of azide groups is 1. The SMILES string of the molecule is [N-]=[N+]=NCCCCc1ccc(CC(=O)Cc2ccccc2)nn1. The molecule has 0 atom stereocenters. The minimum atomic E-state index is 0.132. The fraction of sp³-hybridized carbons (Fsp3) is 0.353. The molecule has 2 rings (SSSR count). The van der Waals surface area contributed by atoms with Crippen molar-refractivity contribution in [3.63, 3.8) is 0 Å². The molecule has 0 radical (unpaired) electrons. The van der Waals surface area contributed by atoms with E-state index in [2.05, 4.69) is 20.2 Å². The predicted molar refractivity (Wildman–Crippen MR) is 87.8 cm³/mol. The van der Waals surface area contributed by atoms with Crippen molar-refractivity contribution in [1.82, 2.24) is 10.2 Å². The van der Waals surface area contributed by atoms with Crippen molar-refractivity contribution in [1.29, 1.82) is 0 Å². The molecule has 0 aliphatic rings. The lowest BCUT2D eigenvalue weighted by molar-refractivity contribution is -0.117. The van der Waals surface area contributed by atoms with Gasteiger partial charge in [-0.2, -0.15) is 10.2 Å². The second kappa shape index (κ2) is 9.33. The van der Waals surface area contributed by atoms with Crippen molar-refractivity contribution < 1.29 is 4.79 Å². The molecule has 0 aliphatic carbocycles. The van der Waals surface area contributed by atoms with Crippen molar-refractivity contribution in [3.8, 4) is 0 Å². The third kappa shape index (κ3) is 6.28. The first-order valence-electron chi connectivity index (χ1n) is 7.66. The summed E-state index contributed by atoms with van der Waals surface area (Å²) in [5, 5.41) is 11.8. The number of Topliss-reactive ketones (excluding diaryl/α,β-unsaturated/α-hetero) is 1. The van der Waals surface area contributed by atoms with Crippen LogP contribution in [0.4, 0.5) is 0 Å². The number of rotatable bonds is 9. The Morgan fingerprint density at radius 1 is 1.00 bits per heavy atom. The Labute approximate surface area is 135 Å². The third-order valence-corrected chi connectivity index (χ3v) is 3.40. The first-order valence-corrected chi connectivity index (χ1v) is 7.66. The molecule has 0 saturated heterocycles. The number of hydrogen-bond donors (Lipinski definition) is 0. The number of carbonyl (C=O) groups is 1. The van der Waals surface area contributed by atoms with E-state index in [0.717, 1.165) is 30.5 Å². The number of ketones is 1. The maximum Gasteiger partial charge on any atom is 0.143 e. The van der Waals surface area contributed by atoms with E-state index in [9.17, 15) is 4.79 Å². The molecule has 0 fully saturated rings. The number of aryl methyl sites for hydroxylation is 1. The molecule has 1 aromatic heterocycles. The molecule has 0 bridgehead atoms. The molecule has 6 heteroatoms. The normalized spacial score (nSPS) is 10.1. The molecule has 0 unspecified atom stereocenters. The van der Waals surface area contributed by atoms with Crippen LogP contribution in [0.25, 0.3) is 10.4 Å². The lowest BCUT2D eigenvalue weighted by atomic mass is 10.1. The van der Waals surface area contributed by atoms with Crippen molar-refractivity contribution in [2.24, 2.45) is 5.11 Å². The zero-order valence-corrected chi connectivity index (χ0v) is 12.9. The second-order valence-corrected chi connectivity index (χ2v) is 5.31. The van der Waals surface area contributed by atoms with Gasteiger partial charge in [-0.1, -0.05) is 35.4 Å². The molecule has 0 aliphatic heterocycles. The Kier molecular flexibility index (Phi) is 6.75. The van der Waals surface area contributed by atoms with Crippen molar-refractivity contribution >= 4 is 5.78 Å². The highest BCUT2D eigenvalue weighted by Gasteiger charge is 2.07. The minimum absolute atomic E-state index is 0.132. The van der Waals surface area contributed by atoms with Crippen LogP contribution in [0, 0.1) is 0 Å². The molecule has 1 aromatic carbocycles. The van der Waals surface area contributed by atoms with Crippen LogP contribution >= 0.6 is 0 Å². The lowest BCUT2D eigenvalue weighted by Gasteiger charge is -2.03. The molecule has 0 amide bonds. The van der Waals surface area contributed by atoms with Gasteiger partial charge in [0.2, 0.25) is 0 Å². The van der Waals surface area contributed by atoms with Crippen LogP contribution in [0.15, 0.2) is 47.6 Å². The van der Waals surface area contributed by atoms with Gasteiger partial charge in [-0.05, 0) is 42.5 Å². The Balaban J connectivity index is 1.78. The van der Waals surface area contributed by atoms with Crippen molar-refractivity contribution in [2.45, 2.75) is 32.1 Å². The van der Waals surface area contributed by atoms with Gasteiger partial charge in [0.1, 0.15) is 5.78 Å². The summed E-state index contributed by atoms with van der Waals surface area (Å²) in [7, 11) is 0. The van der Waals surface area contributed by atoms with Crippen LogP contribution in [-0.4, -0.2) is 22.5 Å². The van der Waals surface area contributed by atoms with E-state index in [4.69, 9.17) is 5.53 Å². The molecule has 0 N–H and O–H groups in total. The average Bonchev–Trinajstić information content (AvgIpc) is 2.57. The van der Waals surface area contributed by atoms with Crippen molar-refractivity contribution in [2.75, 3.05) is 6.54 Å². The molecule has 0 spiro atoms. The van der Waals surface area contributed by atoms with E-state index in [1.165, 1.54) is 0 Å². The highest BCUT2D eigenvalue weighted by atomic mass is 16.1. The summed E-state index contributed by atoms with van der Waals surface area (Å²) >= 11 is 0. The van der Waals surface area contributed by atoms with Gasteiger partial charge in [0.15, 0.2) is 0 Å². The number of unbranched alkanes of at least 4 members (excludes halogenated alkanes) is 1. The fourth-order valence-corrected chi connectivity index (χ4v) is 2.24. The van der Waals surface area contributed by atoms with Gasteiger partial charge in [-0.25, -0.2) is 0 Å². The average molecular weight is 309 g/mol. The predicted octanol–water partition coefficient (Wildman–Crippen LogP) is 3.46. The highest BCUT2D eigenvalue weighted by Crippen LogP contribution is 2.06. The van der Waals surface area contributed by atoms with E-state index in [1.807, 2.05) is 42.5 Å². The summed E-state index contributed by atoms with van der Waals surface area (Å²) in [4.78, 5) is 14.7. The summed E-state index contributed by atoms with van der Waals surface area (Å²) in [5.41, 5.74) is 10.8. The number of carbonyl (C=O) groups excluding carboxylic acids is 1. The molecule has 2 aromatic rings. The standard InChI is InChI=1S/C17H19N5O/c18-22-19-11-5-4-8-15-9-10-16(21-20-15)13-17(23)12-14-6-2-1-3-7-14/h1-3,6-7,9-10H,4-5,8,11-13H2. The van der Waals surface area contributed by atoms with Gasteiger partial charge >= 0.3 is 0 Å². The smallest absolute Gasteiger partial charge is 0.143 e. The lowest BCUT2D eigenvalue weighted by Crippen LogP contribution is -2.09. The van der Waals surface area contributed by atoms with Gasteiger partial charge in [-0.3, -0.25) is 4.79 Å².